The fourth-order valence-electron chi connectivity index (χ4n) is 1.70. The Balaban J connectivity index is 2.13. The number of benzene rings is 1. The number of rotatable bonds is 4. The van der Waals surface area contributed by atoms with E-state index >= 15 is 0 Å². The zero-order chi connectivity index (χ0) is 13.0. The summed E-state index contributed by atoms with van der Waals surface area (Å²) in [4.78, 5) is 24.1. The highest BCUT2D eigenvalue weighted by atomic mass is 16.2. The van der Waals surface area contributed by atoms with Crippen molar-refractivity contribution in [3.05, 3.63) is 48.1 Å². The van der Waals surface area contributed by atoms with E-state index in [-0.39, 0.29) is 11.8 Å². The van der Waals surface area contributed by atoms with Gasteiger partial charge in [0.25, 0.3) is 11.8 Å². The van der Waals surface area contributed by atoms with Gasteiger partial charge in [-0.3, -0.25) is 9.59 Å². The Morgan fingerprint density at radius 2 is 1.72 bits per heavy atom. The number of amides is 2. The van der Waals surface area contributed by atoms with Crippen LogP contribution in [-0.4, -0.2) is 25.4 Å². The normalized spacial score (nSPS) is 15.1. The third kappa shape index (κ3) is 2.55. The van der Waals surface area contributed by atoms with Gasteiger partial charge in [-0.05, 0) is 24.7 Å². The minimum Gasteiger partial charge on any atom is -0.316 e. The first-order valence-electron chi connectivity index (χ1n) is 5.69. The standard InChI is InChI=1S/C14H14N2O2/c1-15-10-2-3-11-4-6-12(7-5-11)16-13(17)8-9-14(16)18/h2-9,15H,10H2,1H3. The molecule has 0 aliphatic carbocycles. The summed E-state index contributed by atoms with van der Waals surface area (Å²) in [6.45, 7) is 0.800. The second-order valence-electron chi connectivity index (χ2n) is 3.90. The second kappa shape index (κ2) is 5.42. The molecule has 0 spiro atoms. The molecule has 2 rings (SSSR count). The van der Waals surface area contributed by atoms with Gasteiger partial charge < -0.3 is 5.32 Å². The minimum absolute atomic E-state index is 0.293. The predicted octanol–water partition coefficient (Wildman–Crippen LogP) is 1.35. The van der Waals surface area contributed by atoms with Gasteiger partial charge in [0.15, 0.2) is 0 Å². The maximum absolute atomic E-state index is 11.5. The molecule has 0 aromatic heterocycles. The van der Waals surface area contributed by atoms with Gasteiger partial charge in [-0.1, -0.05) is 24.3 Å². The molecule has 0 saturated carbocycles. The van der Waals surface area contributed by atoms with Crippen molar-refractivity contribution < 1.29 is 9.59 Å². The van der Waals surface area contributed by atoms with Crippen LogP contribution in [-0.2, 0) is 9.59 Å². The molecular formula is C14H14N2O2. The first-order valence-corrected chi connectivity index (χ1v) is 5.69. The van der Waals surface area contributed by atoms with Crippen LogP contribution in [0.15, 0.2) is 42.5 Å². The Labute approximate surface area is 106 Å². The number of nitrogens with zero attached hydrogens (tertiary/aromatic N) is 1. The number of hydrogen-bond donors (Lipinski definition) is 1. The van der Waals surface area contributed by atoms with Gasteiger partial charge in [-0.2, -0.15) is 0 Å². The number of carbonyl (C=O) groups is 2. The zero-order valence-corrected chi connectivity index (χ0v) is 10.1. The Morgan fingerprint density at radius 1 is 1.11 bits per heavy atom. The van der Waals surface area contributed by atoms with Crippen LogP contribution < -0.4 is 10.2 Å². The van der Waals surface area contributed by atoms with E-state index < -0.39 is 0 Å². The summed E-state index contributed by atoms with van der Waals surface area (Å²) in [5.74, 6) is -0.586. The van der Waals surface area contributed by atoms with Crippen LogP contribution in [0.4, 0.5) is 5.69 Å². The van der Waals surface area contributed by atoms with Crippen molar-refractivity contribution in [2.75, 3.05) is 18.5 Å². The van der Waals surface area contributed by atoms with Crippen LogP contribution >= 0.6 is 0 Å². The van der Waals surface area contributed by atoms with Gasteiger partial charge in [-0.15, -0.1) is 0 Å². The van der Waals surface area contributed by atoms with Gasteiger partial charge in [0.2, 0.25) is 0 Å². The second-order valence-corrected chi connectivity index (χ2v) is 3.90. The minimum atomic E-state index is -0.293. The molecule has 0 atom stereocenters. The lowest BCUT2D eigenvalue weighted by Gasteiger charge is -2.13. The molecule has 1 aliphatic heterocycles. The zero-order valence-electron chi connectivity index (χ0n) is 10.1. The monoisotopic (exact) mass is 242 g/mol. The van der Waals surface area contributed by atoms with Crippen LogP contribution in [0.2, 0.25) is 0 Å². The average molecular weight is 242 g/mol. The maximum atomic E-state index is 11.5. The molecular weight excluding hydrogens is 228 g/mol. The molecule has 1 aromatic rings. The topological polar surface area (TPSA) is 49.4 Å². The summed E-state index contributed by atoms with van der Waals surface area (Å²) >= 11 is 0. The summed E-state index contributed by atoms with van der Waals surface area (Å²) in [5, 5.41) is 3.01. The number of imide groups is 1. The molecule has 0 fully saturated rings. The first kappa shape index (κ1) is 12.3. The number of likely N-dealkylation sites (N-methyl/N-ethyl adjacent to an activating group) is 1. The molecule has 4 nitrogen and oxygen atoms in total. The number of carbonyl (C=O) groups excluding carboxylic acids is 2. The van der Waals surface area contributed by atoms with Crippen molar-refractivity contribution in [1.29, 1.82) is 0 Å². The van der Waals surface area contributed by atoms with Gasteiger partial charge in [0.05, 0.1) is 5.69 Å². The van der Waals surface area contributed by atoms with E-state index in [0.29, 0.717) is 5.69 Å². The highest BCUT2D eigenvalue weighted by Crippen LogP contribution is 2.19. The third-order valence-corrected chi connectivity index (χ3v) is 2.59. The summed E-state index contributed by atoms with van der Waals surface area (Å²) in [6, 6.07) is 7.28. The summed E-state index contributed by atoms with van der Waals surface area (Å²) < 4.78 is 0. The highest BCUT2D eigenvalue weighted by Gasteiger charge is 2.24. The van der Waals surface area contributed by atoms with Crippen molar-refractivity contribution in [1.82, 2.24) is 5.32 Å². The molecule has 18 heavy (non-hydrogen) atoms. The van der Waals surface area contributed by atoms with Gasteiger partial charge >= 0.3 is 0 Å². The molecule has 0 unspecified atom stereocenters. The van der Waals surface area contributed by atoms with Crippen LogP contribution in [0.25, 0.3) is 6.08 Å². The predicted molar refractivity (Wildman–Crippen MR) is 71.0 cm³/mol. The van der Waals surface area contributed by atoms with Crippen LogP contribution in [0, 0.1) is 0 Å². The maximum Gasteiger partial charge on any atom is 0.258 e. The van der Waals surface area contributed by atoms with E-state index in [1.807, 2.05) is 31.3 Å². The van der Waals surface area contributed by atoms with Crippen LogP contribution in [0.1, 0.15) is 5.56 Å². The molecule has 1 heterocycles. The molecule has 1 N–H and O–H groups in total. The van der Waals surface area contributed by atoms with Crippen molar-refractivity contribution in [3.8, 4) is 0 Å². The Hall–Kier alpha value is -2.20. The lowest BCUT2D eigenvalue weighted by atomic mass is 10.2. The molecule has 0 bridgehead atoms. The first-order chi connectivity index (χ1) is 8.72. The molecule has 4 heteroatoms. The lowest BCUT2D eigenvalue weighted by Crippen LogP contribution is -2.29. The largest absolute Gasteiger partial charge is 0.316 e. The molecule has 0 saturated heterocycles. The molecule has 1 aliphatic rings. The summed E-state index contributed by atoms with van der Waals surface area (Å²) in [7, 11) is 1.88. The van der Waals surface area contributed by atoms with Crippen molar-refractivity contribution in [2.45, 2.75) is 0 Å². The fraction of sp³-hybridized carbons (Fsp3) is 0.143. The Morgan fingerprint density at radius 3 is 2.28 bits per heavy atom. The van der Waals surface area contributed by atoms with Crippen LogP contribution in [0.5, 0.6) is 0 Å². The number of hydrogen-bond acceptors (Lipinski definition) is 3. The smallest absolute Gasteiger partial charge is 0.258 e. The quantitative estimate of drug-likeness (QED) is 0.811. The van der Waals surface area contributed by atoms with Gasteiger partial charge in [0.1, 0.15) is 0 Å². The van der Waals surface area contributed by atoms with E-state index in [4.69, 9.17) is 0 Å². The molecule has 92 valence electrons. The molecule has 0 radical (unpaired) electrons. The number of nitrogens with one attached hydrogen (secondary N) is 1. The van der Waals surface area contributed by atoms with E-state index in [2.05, 4.69) is 5.32 Å². The van der Waals surface area contributed by atoms with E-state index in [1.165, 1.54) is 12.2 Å². The average Bonchev–Trinajstić information content (AvgIpc) is 2.71. The third-order valence-electron chi connectivity index (χ3n) is 2.59. The van der Waals surface area contributed by atoms with E-state index in [9.17, 15) is 9.59 Å². The van der Waals surface area contributed by atoms with Crippen molar-refractivity contribution in [3.63, 3.8) is 0 Å². The van der Waals surface area contributed by atoms with Crippen molar-refractivity contribution in [2.24, 2.45) is 0 Å². The molecule has 2 amide bonds. The summed E-state index contributed by atoms with van der Waals surface area (Å²) in [6.07, 6.45) is 6.54. The van der Waals surface area contributed by atoms with E-state index in [1.54, 1.807) is 12.1 Å². The summed E-state index contributed by atoms with van der Waals surface area (Å²) in [5.41, 5.74) is 1.63. The Kier molecular flexibility index (Phi) is 3.69. The lowest BCUT2D eigenvalue weighted by molar-refractivity contribution is -0.119. The number of anilines is 1. The van der Waals surface area contributed by atoms with E-state index in [0.717, 1.165) is 17.0 Å². The van der Waals surface area contributed by atoms with Crippen molar-refractivity contribution >= 4 is 23.6 Å². The molecule has 1 aromatic carbocycles. The van der Waals surface area contributed by atoms with Gasteiger partial charge in [0, 0.05) is 18.7 Å². The fourth-order valence-corrected chi connectivity index (χ4v) is 1.70. The van der Waals surface area contributed by atoms with Crippen LogP contribution in [0.3, 0.4) is 0 Å². The SMILES string of the molecule is CNCC=Cc1ccc(N2C(=O)C=CC2=O)cc1. The van der Waals surface area contributed by atoms with Gasteiger partial charge in [-0.25, -0.2) is 4.90 Å². The Bertz CT molecular complexity index is 497. The highest BCUT2D eigenvalue weighted by molar-refractivity contribution is 6.28.